The second-order valence-corrected chi connectivity index (χ2v) is 18.8. The number of rotatable bonds is 7. The standard InChI is InChI=1S/C48H40P2.2C2H4O2.Ru/c1-33-13-23-39(24-14-33)49(40-25-15-34(2)16-26-40)45-31-21-37-9-5-7-11-43(37)47(45)48-44-12-8-6-10-38(44)22-32-46(48)50(41-27-17-35(3)18-28-41)42-29-19-36(4)20-30-42;2*1-2(3)4;/h5-32H,1-4H3;2*1H3,(H,3,4);. The first-order valence-electron chi connectivity index (χ1n) is 19.2. The van der Waals surface area contributed by atoms with Crippen molar-refractivity contribution >= 4 is 81.2 Å². The van der Waals surface area contributed by atoms with Crippen molar-refractivity contribution < 1.29 is 39.3 Å². The third kappa shape index (κ3) is 11.1. The van der Waals surface area contributed by atoms with E-state index in [1.807, 2.05) is 0 Å². The molecule has 0 aromatic heterocycles. The van der Waals surface area contributed by atoms with Gasteiger partial charge in [0.25, 0.3) is 11.9 Å². The molecule has 4 nitrogen and oxygen atoms in total. The number of aryl methyl sites for hydroxylation is 4. The quantitative estimate of drug-likeness (QED) is 0.123. The van der Waals surface area contributed by atoms with Gasteiger partial charge in [0.15, 0.2) is 0 Å². The molecular weight excluding hydrogens is 852 g/mol. The molecule has 8 aromatic carbocycles. The zero-order valence-electron chi connectivity index (χ0n) is 34.1. The number of carboxylic acid groups (broad SMARTS) is 2. The van der Waals surface area contributed by atoms with Gasteiger partial charge >= 0.3 is 0 Å². The number of carbonyl (C=O) groups is 2. The van der Waals surface area contributed by atoms with Crippen LogP contribution in [0.2, 0.25) is 0 Å². The third-order valence-electron chi connectivity index (χ3n) is 9.71. The van der Waals surface area contributed by atoms with Gasteiger partial charge in [0.05, 0.1) is 0 Å². The predicted octanol–water partition coefficient (Wildman–Crippen LogP) is 10.6. The number of hydrogen-bond acceptors (Lipinski definition) is 2. The van der Waals surface area contributed by atoms with Gasteiger partial charge in [-0.3, -0.25) is 9.59 Å². The predicted molar refractivity (Wildman–Crippen MR) is 250 cm³/mol. The number of fused-ring (bicyclic) bond motifs is 2. The fourth-order valence-electron chi connectivity index (χ4n) is 7.05. The van der Waals surface area contributed by atoms with Crippen LogP contribution in [0.3, 0.4) is 0 Å². The maximum atomic E-state index is 9.00. The molecule has 0 atom stereocenters. The van der Waals surface area contributed by atoms with Crippen LogP contribution < -0.4 is 31.8 Å². The number of benzene rings is 8. The second kappa shape index (κ2) is 20.6. The summed E-state index contributed by atoms with van der Waals surface area (Å²) in [6.07, 6.45) is 0. The molecule has 7 heteroatoms. The normalized spacial score (nSPS) is 10.6. The molecule has 8 rings (SSSR count). The summed E-state index contributed by atoms with van der Waals surface area (Å²) in [6.45, 7) is 10.9. The Balaban J connectivity index is 0.000000676. The van der Waals surface area contributed by atoms with E-state index in [1.165, 1.54) is 86.8 Å². The molecule has 298 valence electrons. The van der Waals surface area contributed by atoms with Crippen LogP contribution in [0.5, 0.6) is 0 Å². The molecule has 0 amide bonds. The molecule has 0 bridgehead atoms. The molecule has 0 radical (unpaired) electrons. The Morgan fingerprint density at radius 1 is 0.373 bits per heavy atom. The smallest absolute Gasteiger partial charge is 0.300 e. The van der Waals surface area contributed by atoms with Gasteiger partial charge in [-0.25, -0.2) is 0 Å². The second-order valence-electron chi connectivity index (χ2n) is 14.4. The summed E-state index contributed by atoms with van der Waals surface area (Å²) in [7, 11) is -1.77. The molecule has 2 N–H and O–H groups in total. The van der Waals surface area contributed by atoms with Crippen molar-refractivity contribution in [3.8, 4) is 11.1 Å². The minimum absolute atomic E-state index is 0. The largest absolute Gasteiger partial charge is 0.481 e. The summed E-state index contributed by atoms with van der Waals surface area (Å²) in [5.74, 6) is -1.67. The van der Waals surface area contributed by atoms with Crippen molar-refractivity contribution in [2.45, 2.75) is 41.5 Å². The summed E-state index contributed by atoms with van der Waals surface area (Å²) < 4.78 is 0. The molecule has 59 heavy (non-hydrogen) atoms. The number of hydrogen-bond donors (Lipinski definition) is 2. The van der Waals surface area contributed by atoms with Crippen LogP contribution in [-0.2, 0) is 29.1 Å². The molecule has 0 fully saturated rings. The number of carboxylic acids is 2. The van der Waals surface area contributed by atoms with Crippen molar-refractivity contribution in [3.63, 3.8) is 0 Å². The van der Waals surface area contributed by atoms with Crippen LogP contribution in [0.25, 0.3) is 32.7 Å². The minimum atomic E-state index is -0.885. The molecule has 0 aliphatic rings. The molecule has 0 saturated heterocycles. The summed E-state index contributed by atoms with van der Waals surface area (Å²) in [5.41, 5.74) is 7.84. The van der Waals surface area contributed by atoms with Crippen molar-refractivity contribution in [2.24, 2.45) is 0 Å². The van der Waals surface area contributed by atoms with E-state index in [2.05, 4.69) is 198 Å². The van der Waals surface area contributed by atoms with E-state index < -0.39 is 27.8 Å². The Morgan fingerprint density at radius 2 is 0.610 bits per heavy atom. The fourth-order valence-corrected chi connectivity index (χ4v) is 11.9. The fraction of sp³-hybridized carbons (Fsp3) is 0.115. The maximum Gasteiger partial charge on any atom is 0.300 e. The van der Waals surface area contributed by atoms with Gasteiger partial charge in [-0.05, 0) is 108 Å². The van der Waals surface area contributed by atoms with Gasteiger partial charge in [0, 0.05) is 33.3 Å². The average molecular weight is 900 g/mol. The molecule has 0 aliphatic carbocycles. The van der Waals surface area contributed by atoms with Gasteiger partial charge in [0.1, 0.15) is 0 Å². The Morgan fingerprint density at radius 3 is 0.864 bits per heavy atom. The van der Waals surface area contributed by atoms with E-state index in [4.69, 9.17) is 19.8 Å². The third-order valence-corrected chi connectivity index (χ3v) is 14.7. The van der Waals surface area contributed by atoms with E-state index >= 15 is 0 Å². The Labute approximate surface area is 363 Å². The molecular formula is C52H48O4P2Ru. The van der Waals surface area contributed by atoms with Crippen molar-refractivity contribution in [2.75, 3.05) is 0 Å². The zero-order chi connectivity index (χ0) is 41.3. The summed E-state index contributed by atoms with van der Waals surface area (Å²) in [5, 5.41) is 28.2. The van der Waals surface area contributed by atoms with Gasteiger partial charge in [-0.15, -0.1) is 0 Å². The van der Waals surface area contributed by atoms with Gasteiger partial charge in [-0.2, -0.15) is 0 Å². The SMILES string of the molecule is CC(=O)O.CC(=O)O.Cc1ccc(P(c2ccc(C)cc2)c2ccc3ccccc3c2-c2c(P(c3ccc(C)cc3)c3ccc(C)cc3)ccc3ccccc23)cc1.[Ru]. The average Bonchev–Trinajstić information content (AvgIpc) is 3.20. The molecule has 0 heterocycles. The van der Waals surface area contributed by atoms with Gasteiger partial charge in [0.2, 0.25) is 0 Å². The van der Waals surface area contributed by atoms with E-state index in [9.17, 15) is 0 Å². The van der Waals surface area contributed by atoms with Crippen LogP contribution in [0.1, 0.15) is 36.1 Å². The molecule has 0 unspecified atom stereocenters. The minimum Gasteiger partial charge on any atom is -0.481 e. The van der Waals surface area contributed by atoms with Crippen molar-refractivity contribution in [3.05, 3.63) is 192 Å². The van der Waals surface area contributed by atoms with Crippen molar-refractivity contribution in [1.29, 1.82) is 0 Å². The van der Waals surface area contributed by atoms with E-state index in [-0.39, 0.29) is 19.5 Å². The molecule has 0 saturated carbocycles. The van der Waals surface area contributed by atoms with Crippen LogP contribution in [0, 0.1) is 27.7 Å². The Bertz CT molecular complexity index is 2390. The maximum absolute atomic E-state index is 9.00. The van der Waals surface area contributed by atoms with Crippen LogP contribution in [-0.4, -0.2) is 22.2 Å². The van der Waals surface area contributed by atoms with Crippen LogP contribution in [0.15, 0.2) is 170 Å². The van der Waals surface area contributed by atoms with E-state index in [0.717, 1.165) is 13.8 Å². The van der Waals surface area contributed by atoms with Crippen LogP contribution in [0.4, 0.5) is 0 Å². The molecule has 0 spiro atoms. The topological polar surface area (TPSA) is 74.6 Å². The number of aliphatic carboxylic acids is 2. The van der Waals surface area contributed by atoms with E-state index in [0.29, 0.717) is 0 Å². The monoisotopic (exact) mass is 900 g/mol. The zero-order valence-corrected chi connectivity index (χ0v) is 37.7. The summed E-state index contributed by atoms with van der Waals surface area (Å²) in [6, 6.07) is 64.6. The molecule has 8 aromatic rings. The molecule has 0 aliphatic heterocycles. The summed E-state index contributed by atoms with van der Waals surface area (Å²) >= 11 is 0. The Hall–Kier alpha value is -5.30. The van der Waals surface area contributed by atoms with Crippen LogP contribution >= 0.6 is 15.8 Å². The first-order chi connectivity index (χ1) is 27.9. The summed E-state index contributed by atoms with van der Waals surface area (Å²) in [4.78, 5) is 18.0. The first-order valence-corrected chi connectivity index (χ1v) is 21.9. The van der Waals surface area contributed by atoms with Gasteiger partial charge < -0.3 is 10.2 Å². The van der Waals surface area contributed by atoms with E-state index in [1.54, 1.807) is 0 Å². The Kier molecular flexibility index (Phi) is 15.6. The first kappa shape index (κ1) is 44.8. The van der Waals surface area contributed by atoms with Gasteiger partial charge in [-0.1, -0.05) is 192 Å². The van der Waals surface area contributed by atoms with Crippen molar-refractivity contribution in [1.82, 2.24) is 0 Å².